The Kier molecular flexibility index (Phi) is 7.46. The van der Waals surface area contributed by atoms with Gasteiger partial charge in [0.15, 0.2) is 5.96 Å². The Morgan fingerprint density at radius 3 is 2.64 bits per heavy atom. The molecule has 1 aliphatic carbocycles. The van der Waals surface area contributed by atoms with Gasteiger partial charge in [0.2, 0.25) is 0 Å². The molecule has 0 aromatic carbocycles. The molecule has 2 fully saturated rings. The van der Waals surface area contributed by atoms with Crippen LogP contribution in [-0.4, -0.2) is 52.0 Å². The summed E-state index contributed by atoms with van der Waals surface area (Å²) in [4.78, 5) is 4.31. The van der Waals surface area contributed by atoms with Gasteiger partial charge in [-0.1, -0.05) is 13.3 Å². The van der Waals surface area contributed by atoms with Gasteiger partial charge in [-0.15, -0.1) is 0 Å². The highest BCUT2D eigenvalue weighted by Crippen LogP contribution is 2.42. The summed E-state index contributed by atoms with van der Waals surface area (Å²) in [5.41, 5.74) is 0.518. The zero-order valence-electron chi connectivity index (χ0n) is 14.3. The molecule has 0 unspecified atom stereocenters. The van der Waals surface area contributed by atoms with Gasteiger partial charge in [-0.2, -0.15) is 0 Å². The lowest BCUT2D eigenvalue weighted by Gasteiger charge is -2.41. The number of nitrogens with one attached hydrogen (secondary N) is 2. The lowest BCUT2D eigenvalue weighted by molar-refractivity contribution is -0.0320. The average Bonchev–Trinajstić information content (AvgIpc) is 2.53. The number of rotatable bonds is 8. The largest absolute Gasteiger partial charge is 0.381 e. The third kappa shape index (κ3) is 5.43. The summed E-state index contributed by atoms with van der Waals surface area (Å²) >= 11 is 0. The molecule has 0 amide bonds. The maximum absolute atomic E-state index is 5.88. The quantitative estimate of drug-likeness (QED) is 0.410. The maximum atomic E-state index is 5.88. The van der Waals surface area contributed by atoms with E-state index in [9.17, 15) is 0 Å². The monoisotopic (exact) mass is 311 g/mol. The van der Waals surface area contributed by atoms with Crippen LogP contribution in [-0.2, 0) is 9.47 Å². The summed E-state index contributed by atoms with van der Waals surface area (Å²) in [6.45, 7) is 6.75. The molecule has 1 saturated heterocycles. The normalized spacial score (nSPS) is 22.2. The number of guanidine groups is 1. The Bertz CT molecular complexity index is 331. The fourth-order valence-electron chi connectivity index (χ4n) is 3.20. The summed E-state index contributed by atoms with van der Waals surface area (Å²) in [7, 11) is 1.84. The smallest absolute Gasteiger partial charge is 0.190 e. The van der Waals surface area contributed by atoms with E-state index in [0.29, 0.717) is 11.5 Å². The van der Waals surface area contributed by atoms with Gasteiger partial charge in [0.25, 0.3) is 0 Å². The highest BCUT2D eigenvalue weighted by Gasteiger charge is 2.34. The minimum Gasteiger partial charge on any atom is -0.381 e. The summed E-state index contributed by atoms with van der Waals surface area (Å²) in [5.74, 6) is 0.922. The van der Waals surface area contributed by atoms with Crippen molar-refractivity contribution >= 4 is 5.96 Å². The van der Waals surface area contributed by atoms with Gasteiger partial charge >= 0.3 is 0 Å². The van der Waals surface area contributed by atoms with E-state index in [-0.39, 0.29) is 0 Å². The zero-order valence-corrected chi connectivity index (χ0v) is 14.3. The molecule has 0 radical (unpaired) electrons. The maximum Gasteiger partial charge on any atom is 0.190 e. The molecule has 5 nitrogen and oxygen atoms in total. The van der Waals surface area contributed by atoms with Crippen molar-refractivity contribution in [3.05, 3.63) is 0 Å². The van der Waals surface area contributed by atoms with E-state index >= 15 is 0 Å². The molecule has 2 rings (SSSR count). The summed E-state index contributed by atoms with van der Waals surface area (Å²) < 4.78 is 11.2. The molecule has 1 saturated carbocycles. The van der Waals surface area contributed by atoms with Crippen LogP contribution >= 0.6 is 0 Å². The van der Waals surface area contributed by atoms with Gasteiger partial charge in [0.05, 0.1) is 6.10 Å². The zero-order chi connectivity index (χ0) is 15.7. The van der Waals surface area contributed by atoms with Crippen molar-refractivity contribution < 1.29 is 9.47 Å². The van der Waals surface area contributed by atoms with Gasteiger partial charge in [0, 0.05) is 40.0 Å². The predicted molar refractivity (Wildman–Crippen MR) is 90.3 cm³/mol. The molecule has 0 aromatic rings. The molecule has 2 aliphatic rings. The average molecular weight is 311 g/mol. The highest BCUT2D eigenvalue weighted by atomic mass is 16.5. The molecule has 5 heteroatoms. The van der Waals surface area contributed by atoms with Gasteiger partial charge in [0.1, 0.15) is 0 Å². The SMILES string of the molecule is CCC1(CNC(=NC)NCCCOC2CCOCC2)CCC1. The van der Waals surface area contributed by atoms with Crippen molar-refractivity contribution in [1.82, 2.24) is 10.6 Å². The van der Waals surface area contributed by atoms with E-state index in [4.69, 9.17) is 9.47 Å². The van der Waals surface area contributed by atoms with Crippen LogP contribution in [0.2, 0.25) is 0 Å². The van der Waals surface area contributed by atoms with Crippen LogP contribution in [0.5, 0.6) is 0 Å². The van der Waals surface area contributed by atoms with E-state index in [0.717, 1.165) is 58.1 Å². The fraction of sp³-hybridized carbons (Fsp3) is 0.941. The van der Waals surface area contributed by atoms with Crippen molar-refractivity contribution in [2.24, 2.45) is 10.4 Å². The van der Waals surface area contributed by atoms with Crippen LogP contribution in [0.1, 0.15) is 51.9 Å². The van der Waals surface area contributed by atoms with Crippen LogP contribution in [0.15, 0.2) is 4.99 Å². The Morgan fingerprint density at radius 1 is 1.27 bits per heavy atom. The second-order valence-corrected chi connectivity index (χ2v) is 6.60. The minimum absolute atomic E-state index is 0.397. The lowest BCUT2D eigenvalue weighted by atomic mass is 9.67. The van der Waals surface area contributed by atoms with Crippen molar-refractivity contribution in [3.8, 4) is 0 Å². The van der Waals surface area contributed by atoms with Crippen LogP contribution < -0.4 is 10.6 Å². The van der Waals surface area contributed by atoms with Crippen molar-refractivity contribution in [2.75, 3.05) is 40.0 Å². The van der Waals surface area contributed by atoms with E-state index in [2.05, 4.69) is 22.5 Å². The molecule has 0 spiro atoms. The lowest BCUT2D eigenvalue weighted by Crippen LogP contribution is -2.46. The van der Waals surface area contributed by atoms with Crippen LogP contribution in [0, 0.1) is 5.41 Å². The first-order valence-electron chi connectivity index (χ1n) is 8.92. The number of aliphatic imine (C=N–C) groups is 1. The number of hydrogen-bond acceptors (Lipinski definition) is 3. The molecule has 2 N–H and O–H groups in total. The molecule has 0 atom stereocenters. The number of hydrogen-bond donors (Lipinski definition) is 2. The van der Waals surface area contributed by atoms with Gasteiger partial charge < -0.3 is 20.1 Å². The van der Waals surface area contributed by atoms with Gasteiger partial charge in [-0.05, 0) is 43.9 Å². The van der Waals surface area contributed by atoms with E-state index in [1.165, 1.54) is 25.7 Å². The third-order valence-corrected chi connectivity index (χ3v) is 5.15. The van der Waals surface area contributed by atoms with E-state index in [1.807, 2.05) is 7.05 Å². The summed E-state index contributed by atoms with van der Waals surface area (Å²) in [5, 5.41) is 6.87. The van der Waals surface area contributed by atoms with Crippen LogP contribution in [0.3, 0.4) is 0 Å². The Morgan fingerprint density at radius 2 is 2.05 bits per heavy atom. The molecule has 0 aromatic heterocycles. The first-order valence-corrected chi connectivity index (χ1v) is 8.92. The standard InChI is InChI=1S/C17H33N3O2/c1-3-17(8-4-9-17)14-20-16(18-2)19-10-5-11-22-15-6-12-21-13-7-15/h15H,3-14H2,1-2H3,(H2,18,19,20). The molecule has 1 aliphatic heterocycles. The van der Waals surface area contributed by atoms with Crippen LogP contribution in [0.4, 0.5) is 0 Å². The Labute approximate surface area is 135 Å². The Hall–Kier alpha value is -0.810. The van der Waals surface area contributed by atoms with Crippen molar-refractivity contribution in [2.45, 2.75) is 58.0 Å². The first kappa shape index (κ1) is 17.5. The van der Waals surface area contributed by atoms with Gasteiger partial charge in [-0.3, -0.25) is 4.99 Å². The fourth-order valence-corrected chi connectivity index (χ4v) is 3.20. The molecular weight excluding hydrogens is 278 g/mol. The molecule has 0 bridgehead atoms. The summed E-state index contributed by atoms with van der Waals surface area (Å²) in [6.07, 6.45) is 8.83. The summed E-state index contributed by atoms with van der Waals surface area (Å²) in [6, 6.07) is 0. The predicted octanol–water partition coefficient (Wildman–Crippen LogP) is 2.32. The van der Waals surface area contributed by atoms with Crippen molar-refractivity contribution in [1.29, 1.82) is 0 Å². The third-order valence-electron chi connectivity index (χ3n) is 5.15. The van der Waals surface area contributed by atoms with Crippen LogP contribution in [0.25, 0.3) is 0 Å². The molecule has 1 heterocycles. The minimum atomic E-state index is 0.397. The number of nitrogens with zero attached hydrogens (tertiary/aromatic N) is 1. The van der Waals surface area contributed by atoms with Crippen molar-refractivity contribution in [3.63, 3.8) is 0 Å². The second-order valence-electron chi connectivity index (χ2n) is 6.60. The second kappa shape index (κ2) is 9.36. The van der Waals surface area contributed by atoms with Gasteiger partial charge in [-0.25, -0.2) is 0 Å². The van der Waals surface area contributed by atoms with E-state index < -0.39 is 0 Å². The highest BCUT2D eigenvalue weighted by molar-refractivity contribution is 5.79. The molecular formula is C17H33N3O2. The van der Waals surface area contributed by atoms with E-state index in [1.54, 1.807) is 0 Å². The molecule has 22 heavy (non-hydrogen) atoms. The Balaban J connectivity index is 1.52. The topological polar surface area (TPSA) is 54.9 Å². The first-order chi connectivity index (χ1) is 10.8. The molecule has 128 valence electrons. The number of ether oxygens (including phenoxy) is 2.